The number of nitrogens with zero attached hydrogens (tertiary/aromatic N) is 2. The van der Waals surface area contributed by atoms with Gasteiger partial charge in [0.1, 0.15) is 5.75 Å². The lowest BCUT2D eigenvalue weighted by Crippen LogP contribution is -2.32. The molecular formula is C27H38ClN5O5. The van der Waals surface area contributed by atoms with E-state index in [2.05, 4.69) is 26.8 Å². The second-order valence-corrected chi connectivity index (χ2v) is 9.76. The van der Waals surface area contributed by atoms with Crippen molar-refractivity contribution in [2.45, 2.75) is 38.6 Å². The summed E-state index contributed by atoms with van der Waals surface area (Å²) in [6.45, 7) is 8.49. The summed E-state index contributed by atoms with van der Waals surface area (Å²) in [6, 6.07) is 5.74. The highest BCUT2D eigenvalue weighted by molar-refractivity contribution is 6.30. The van der Waals surface area contributed by atoms with Crippen LogP contribution in [0.3, 0.4) is 0 Å². The van der Waals surface area contributed by atoms with Gasteiger partial charge in [0.05, 0.1) is 39.2 Å². The number of nitrogens with two attached hydrogens (primary N) is 1. The van der Waals surface area contributed by atoms with Crippen molar-refractivity contribution in [1.29, 1.82) is 0 Å². The molecule has 1 aromatic carbocycles. The van der Waals surface area contributed by atoms with Crippen LogP contribution in [0.15, 0.2) is 30.9 Å². The molecule has 0 radical (unpaired) electrons. The molecule has 1 aliphatic rings. The first-order chi connectivity index (χ1) is 18.3. The van der Waals surface area contributed by atoms with Crippen molar-refractivity contribution in [2.75, 3.05) is 52.4 Å². The van der Waals surface area contributed by atoms with Gasteiger partial charge in [0.2, 0.25) is 17.8 Å². The number of imidazole rings is 1. The van der Waals surface area contributed by atoms with Crippen LogP contribution in [0.5, 0.6) is 5.75 Å². The van der Waals surface area contributed by atoms with Crippen molar-refractivity contribution in [3.8, 4) is 5.75 Å². The van der Waals surface area contributed by atoms with Crippen molar-refractivity contribution < 1.29 is 23.8 Å². The summed E-state index contributed by atoms with van der Waals surface area (Å²) in [5, 5.41) is 6.21. The summed E-state index contributed by atoms with van der Waals surface area (Å²) in [6.07, 6.45) is 3.20. The number of hydrogen-bond acceptors (Lipinski definition) is 7. The highest BCUT2D eigenvalue weighted by Crippen LogP contribution is 2.38. The van der Waals surface area contributed by atoms with E-state index in [-0.39, 0.29) is 23.7 Å². The van der Waals surface area contributed by atoms with E-state index in [9.17, 15) is 9.59 Å². The summed E-state index contributed by atoms with van der Waals surface area (Å²) < 4.78 is 18.3. The highest BCUT2D eigenvalue weighted by atomic mass is 35.5. The standard InChI is InChI=1S/C27H38ClN5O5/c1-4-24(34)30-5-7-37-9-10-38-8-6-31-25(35)15-21-12-20(17-33-26(21)18(2)32-27(33)29)11-19-13-22(28)16-23(14-19)36-3/h4,13-14,16,20-21H,1,5-12,15,17H2,2-3H3,(H2,29,32)(H,30,34)(H,31,35)/t20-,21-/m0/s1. The average Bonchev–Trinajstić information content (AvgIpc) is 3.17. The summed E-state index contributed by atoms with van der Waals surface area (Å²) in [5.74, 6) is 1.22. The number of halogens is 1. The van der Waals surface area contributed by atoms with Crippen LogP contribution in [0, 0.1) is 12.8 Å². The lowest BCUT2D eigenvalue weighted by atomic mass is 9.82. The third-order valence-corrected chi connectivity index (χ3v) is 6.68. The Bertz CT molecular complexity index is 1110. The predicted octanol–water partition coefficient (Wildman–Crippen LogP) is 2.62. The van der Waals surface area contributed by atoms with Crippen LogP contribution >= 0.6 is 11.6 Å². The number of fused-ring (bicyclic) bond motifs is 1. The number of hydrogen-bond donors (Lipinski definition) is 3. The lowest BCUT2D eigenvalue weighted by Gasteiger charge is -2.32. The maximum Gasteiger partial charge on any atom is 0.243 e. The van der Waals surface area contributed by atoms with Crippen LogP contribution in [0.4, 0.5) is 5.95 Å². The molecule has 0 saturated heterocycles. The third-order valence-electron chi connectivity index (χ3n) is 6.46. The molecule has 3 rings (SSSR count). The number of anilines is 1. The molecule has 0 aliphatic carbocycles. The number of carbonyl (C=O) groups is 2. The van der Waals surface area contributed by atoms with Crippen LogP contribution in [0.2, 0.25) is 5.02 Å². The molecule has 2 atom stereocenters. The molecule has 11 heteroatoms. The van der Waals surface area contributed by atoms with Gasteiger partial charge >= 0.3 is 0 Å². The van der Waals surface area contributed by atoms with Gasteiger partial charge < -0.3 is 35.1 Å². The number of aryl methyl sites for hydroxylation is 1. The van der Waals surface area contributed by atoms with E-state index in [4.69, 9.17) is 31.5 Å². The monoisotopic (exact) mass is 547 g/mol. The number of carbonyl (C=O) groups excluding carboxylic acids is 2. The van der Waals surface area contributed by atoms with Crippen LogP contribution in [0.1, 0.15) is 35.7 Å². The minimum Gasteiger partial charge on any atom is -0.497 e. The Morgan fingerprint density at radius 1 is 1.18 bits per heavy atom. The number of nitrogen functional groups attached to an aromatic ring is 1. The van der Waals surface area contributed by atoms with Crippen molar-refractivity contribution in [1.82, 2.24) is 20.2 Å². The van der Waals surface area contributed by atoms with Crippen molar-refractivity contribution in [3.63, 3.8) is 0 Å². The molecule has 38 heavy (non-hydrogen) atoms. The van der Waals surface area contributed by atoms with Gasteiger partial charge in [-0.3, -0.25) is 9.59 Å². The fourth-order valence-corrected chi connectivity index (χ4v) is 5.13. The van der Waals surface area contributed by atoms with Gasteiger partial charge in [0.25, 0.3) is 0 Å². The molecule has 0 spiro atoms. The number of amides is 2. The van der Waals surface area contributed by atoms with Crippen molar-refractivity contribution in [3.05, 3.63) is 52.8 Å². The highest BCUT2D eigenvalue weighted by Gasteiger charge is 2.32. The molecule has 0 unspecified atom stereocenters. The van der Waals surface area contributed by atoms with Crippen molar-refractivity contribution >= 4 is 29.4 Å². The Balaban J connectivity index is 1.45. The zero-order valence-electron chi connectivity index (χ0n) is 22.1. The second kappa shape index (κ2) is 14.8. The van der Waals surface area contributed by atoms with E-state index in [1.54, 1.807) is 13.2 Å². The Labute approximate surface area is 228 Å². The van der Waals surface area contributed by atoms with Crippen molar-refractivity contribution in [2.24, 2.45) is 5.92 Å². The largest absolute Gasteiger partial charge is 0.497 e. The Morgan fingerprint density at radius 2 is 1.89 bits per heavy atom. The minimum absolute atomic E-state index is 0.00975. The van der Waals surface area contributed by atoms with E-state index in [0.29, 0.717) is 56.9 Å². The van der Waals surface area contributed by atoms with E-state index in [0.717, 1.165) is 42.1 Å². The molecular weight excluding hydrogens is 510 g/mol. The topological polar surface area (TPSA) is 130 Å². The zero-order chi connectivity index (χ0) is 27.5. The fraction of sp³-hybridized carbons (Fsp3) is 0.519. The van der Waals surface area contributed by atoms with E-state index < -0.39 is 0 Å². The lowest BCUT2D eigenvalue weighted by molar-refractivity contribution is -0.122. The Kier molecular flexibility index (Phi) is 11.4. The maximum atomic E-state index is 12.8. The summed E-state index contributed by atoms with van der Waals surface area (Å²) in [5.41, 5.74) is 9.22. The molecule has 1 aromatic heterocycles. The first kappa shape index (κ1) is 29.5. The summed E-state index contributed by atoms with van der Waals surface area (Å²) >= 11 is 6.28. The first-order valence-electron chi connectivity index (χ1n) is 12.8. The number of rotatable bonds is 15. The van der Waals surface area contributed by atoms with Crippen LogP contribution in [0.25, 0.3) is 0 Å². The number of benzene rings is 1. The van der Waals surface area contributed by atoms with E-state index in [1.165, 1.54) is 6.08 Å². The second-order valence-electron chi connectivity index (χ2n) is 9.33. The molecule has 4 N–H and O–H groups in total. The van der Waals surface area contributed by atoms with E-state index >= 15 is 0 Å². The van der Waals surface area contributed by atoms with Crippen LogP contribution in [-0.4, -0.2) is 68.0 Å². The SMILES string of the molecule is C=CC(=O)NCCOCCOCCNC(=O)C[C@@H]1C[C@H](Cc2cc(Cl)cc(OC)c2)Cn2c(N)nc(C)c21. The molecule has 2 aromatic rings. The third kappa shape index (κ3) is 8.75. The molecule has 2 heterocycles. The molecule has 10 nitrogen and oxygen atoms in total. The molecule has 0 bridgehead atoms. The number of aromatic nitrogens is 2. The zero-order valence-corrected chi connectivity index (χ0v) is 22.9. The van der Waals surface area contributed by atoms with Crippen LogP contribution in [-0.2, 0) is 32.0 Å². The van der Waals surface area contributed by atoms with E-state index in [1.807, 2.05) is 19.1 Å². The smallest absolute Gasteiger partial charge is 0.243 e. The summed E-state index contributed by atoms with van der Waals surface area (Å²) in [4.78, 5) is 28.3. The van der Waals surface area contributed by atoms with Gasteiger partial charge in [-0.05, 0) is 55.5 Å². The fourth-order valence-electron chi connectivity index (χ4n) is 4.88. The molecule has 2 amide bonds. The van der Waals surface area contributed by atoms with Gasteiger partial charge in [-0.15, -0.1) is 0 Å². The first-order valence-corrected chi connectivity index (χ1v) is 13.2. The van der Waals surface area contributed by atoms with Gasteiger partial charge in [-0.2, -0.15) is 0 Å². The summed E-state index contributed by atoms with van der Waals surface area (Å²) in [7, 11) is 1.62. The quantitative estimate of drug-likeness (QED) is 0.231. The number of methoxy groups -OCH3 is 1. The normalized spacial score (nSPS) is 16.5. The Hall–Kier alpha value is -3.08. The minimum atomic E-state index is -0.228. The van der Waals surface area contributed by atoms with Gasteiger partial charge in [0, 0.05) is 42.7 Å². The van der Waals surface area contributed by atoms with Gasteiger partial charge in [-0.1, -0.05) is 18.2 Å². The molecule has 0 fully saturated rings. The molecule has 0 saturated carbocycles. The molecule has 208 valence electrons. The van der Waals surface area contributed by atoms with Gasteiger partial charge in [0.15, 0.2) is 0 Å². The Morgan fingerprint density at radius 3 is 2.58 bits per heavy atom. The number of nitrogens with one attached hydrogen (secondary N) is 2. The maximum absolute atomic E-state index is 12.8. The number of ether oxygens (including phenoxy) is 3. The molecule has 1 aliphatic heterocycles. The predicted molar refractivity (Wildman–Crippen MR) is 146 cm³/mol. The van der Waals surface area contributed by atoms with Gasteiger partial charge in [-0.25, -0.2) is 4.98 Å². The average molecular weight is 548 g/mol. The van der Waals surface area contributed by atoms with Crippen LogP contribution < -0.4 is 21.1 Å².